The number of methoxy groups -OCH3 is 1. The number of primary amides is 1. The van der Waals surface area contributed by atoms with Crippen LogP contribution in [0.4, 0.5) is 10.5 Å². The van der Waals surface area contributed by atoms with Gasteiger partial charge in [-0.15, -0.1) is 11.1 Å². The van der Waals surface area contributed by atoms with Crippen molar-refractivity contribution in [2.45, 2.75) is 45.8 Å². The molecule has 2 atom stereocenters. The normalized spacial score (nSPS) is 14.2. The average Bonchev–Trinajstić information content (AvgIpc) is 3.70. The zero-order valence-electron chi connectivity index (χ0n) is 25.5. The number of nitrogens with two attached hydrogens (primary N) is 2. The van der Waals surface area contributed by atoms with Crippen LogP contribution in [0, 0.1) is 13.8 Å². The maximum Gasteiger partial charge on any atom is 0.353 e. The first kappa shape index (κ1) is 31.2. The number of aromatic nitrogens is 2. The van der Waals surface area contributed by atoms with Crippen molar-refractivity contribution in [2.75, 3.05) is 12.1 Å². The number of carbonyl (C=O) groups is 3. The molecule has 0 aliphatic carbocycles. The third-order valence-corrected chi connectivity index (χ3v) is 7.93. The number of ether oxygens (including phenoxy) is 1. The fourth-order valence-electron chi connectivity index (χ4n) is 5.46. The summed E-state index contributed by atoms with van der Waals surface area (Å²) in [5, 5.41) is 1.27. The Bertz CT molecular complexity index is 1700. The Kier molecular flexibility index (Phi) is 9.13. The van der Waals surface area contributed by atoms with Crippen LogP contribution in [0.1, 0.15) is 51.4 Å². The van der Waals surface area contributed by atoms with Crippen LogP contribution in [0.15, 0.2) is 66.9 Å². The smallest absolute Gasteiger partial charge is 0.353 e. The lowest BCUT2D eigenvalue weighted by Gasteiger charge is -2.31. The van der Waals surface area contributed by atoms with Gasteiger partial charge in [-0.05, 0) is 79.3 Å². The van der Waals surface area contributed by atoms with Crippen LogP contribution in [0.5, 0.6) is 5.75 Å². The molecule has 1 aliphatic heterocycles. The molecule has 1 fully saturated rings. The average molecular weight is 612 g/mol. The Hall–Kier alpha value is -5.24. The van der Waals surface area contributed by atoms with Gasteiger partial charge in [-0.25, -0.2) is 14.8 Å². The second kappa shape index (κ2) is 13.2. The van der Waals surface area contributed by atoms with Gasteiger partial charge in [-0.2, -0.15) is 0 Å². The van der Waals surface area contributed by atoms with Crippen LogP contribution >= 0.6 is 0 Å². The van der Waals surface area contributed by atoms with Crippen molar-refractivity contribution in [3.8, 4) is 17.0 Å². The molecule has 45 heavy (non-hydrogen) atoms. The molecule has 5 rings (SSSR count). The number of nitrogens with one attached hydrogen (secondary N) is 4. The SMILES string of the molecule is COc1ccc(CN(C(=O)[C@@H](N)Cc2c(C)cc(C(N)=O)cc2C)[C@@H](C)c2ncc(-c3ccccc3)[nH]2)cc1N1NNNC1=O. The Morgan fingerprint density at radius 3 is 2.40 bits per heavy atom. The number of nitrogens with zero attached hydrogens (tertiary/aromatic N) is 3. The number of urea groups is 1. The van der Waals surface area contributed by atoms with E-state index >= 15 is 0 Å². The zero-order valence-corrected chi connectivity index (χ0v) is 25.5. The summed E-state index contributed by atoms with van der Waals surface area (Å²) in [7, 11) is 1.51. The van der Waals surface area contributed by atoms with E-state index < -0.39 is 24.0 Å². The van der Waals surface area contributed by atoms with Gasteiger partial charge in [0, 0.05) is 12.1 Å². The van der Waals surface area contributed by atoms with Crippen molar-refractivity contribution < 1.29 is 19.1 Å². The highest BCUT2D eigenvalue weighted by Crippen LogP contribution is 2.31. The molecule has 1 aromatic heterocycles. The first-order chi connectivity index (χ1) is 21.6. The van der Waals surface area contributed by atoms with Crippen LogP contribution < -0.4 is 37.7 Å². The van der Waals surface area contributed by atoms with Gasteiger partial charge in [-0.3, -0.25) is 15.0 Å². The van der Waals surface area contributed by atoms with Crippen molar-refractivity contribution in [1.29, 1.82) is 0 Å². The van der Waals surface area contributed by atoms with Crippen molar-refractivity contribution in [3.63, 3.8) is 0 Å². The number of imidazole rings is 1. The number of amides is 4. The van der Waals surface area contributed by atoms with E-state index in [2.05, 4.69) is 26.5 Å². The summed E-state index contributed by atoms with van der Waals surface area (Å²) in [4.78, 5) is 48.0. The first-order valence-electron chi connectivity index (χ1n) is 14.4. The summed E-state index contributed by atoms with van der Waals surface area (Å²) in [6.07, 6.45) is 2.00. The van der Waals surface area contributed by atoms with Gasteiger partial charge in [0.25, 0.3) is 0 Å². The molecule has 4 aromatic rings. The summed E-state index contributed by atoms with van der Waals surface area (Å²) < 4.78 is 5.49. The van der Waals surface area contributed by atoms with Gasteiger partial charge in [0.2, 0.25) is 11.8 Å². The molecule has 234 valence electrons. The standard InChI is InChI=1S/C32H37N9O4/c1-18-12-23(29(34)42)13-19(2)24(18)15-25(33)31(43)40(20(3)30-35-16-26(36-30)22-8-6-5-7-9-22)17-21-10-11-28(45-4)27(14-21)41-32(44)37-38-39-41/h5-14,16,20,25,38-39H,15,17,33H2,1-4H3,(H2,34,42)(H,35,36)(H,37,44)/t20-,25-/m0/s1. The number of rotatable bonds is 11. The number of benzene rings is 3. The lowest BCUT2D eigenvalue weighted by atomic mass is 9.93. The fraction of sp³-hybridized carbons (Fsp3) is 0.250. The molecule has 0 spiro atoms. The number of anilines is 1. The summed E-state index contributed by atoms with van der Waals surface area (Å²) in [6.45, 7) is 5.79. The van der Waals surface area contributed by atoms with Gasteiger partial charge in [0.15, 0.2) is 0 Å². The Balaban J connectivity index is 1.48. The molecule has 13 heteroatoms. The molecule has 0 unspecified atom stereocenters. The highest BCUT2D eigenvalue weighted by atomic mass is 16.5. The van der Waals surface area contributed by atoms with E-state index in [1.165, 1.54) is 12.1 Å². The third-order valence-electron chi connectivity index (χ3n) is 7.93. The highest BCUT2D eigenvalue weighted by Gasteiger charge is 2.30. The van der Waals surface area contributed by atoms with Gasteiger partial charge in [0.1, 0.15) is 17.3 Å². The highest BCUT2D eigenvalue weighted by molar-refractivity contribution is 5.94. The molecule has 0 saturated carbocycles. The molecule has 0 bridgehead atoms. The summed E-state index contributed by atoms with van der Waals surface area (Å²) >= 11 is 0. The first-order valence-corrected chi connectivity index (χ1v) is 14.4. The van der Waals surface area contributed by atoms with Crippen molar-refractivity contribution in [3.05, 3.63) is 101 Å². The second-order valence-corrected chi connectivity index (χ2v) is 11.0. The maximum atomic E-state index is 14.2. The van der Waals surface area contributed by atoms with Crippen LogP contribution in [-0.4, -0.2) is 45.9 Å². The molecule has 2 heterocycles. The molecule has 1 saturated heterocycles. The molecule has 3 aromatic carbocycles. The number of H-pyrrole nitrogens is 1. The topological polar surface area (TPSA) is 184 Å². The number of carbonyl (C=O) groups excluding carboxylic acids is 3. The number of hydrogen-bond donors (Lipinski definition) is 6. The van der Waals surface area contributed by atoms with Gasteiger partial charge >= 0.3 is 6.03 Å². The second-order valence-electron chi connectivity index (χ2n) is 11.0. The molecule has 4 amide bonds. The van der Waals surface area contributed by atoms with E-state index in [4.69, 9.17) is 16.2 Å². The number of hydrazine groups is 3. The number of hydrogen-bond acceptors (Lipinski definition) is 8. The van der Waals surface area contributed by atoms with E-state index in [1.807, 2.05) is 57.2 Å². The Morgan fingerprint density at radius 2 is 1.78 bits per heavy atom. The summed E-state index contributed by atoms with van der Waals surface area (Å²) in [5.41, 5.74) is 25.8. The van der Waals surface area contributed by atoms with Gasteiger partial charge < -0.3 is 26.1 Å². The van der Waals surface area contributed by atoms with Gasteiger partial charge in [-0.1, -0.05) is 36.4 Å². The Morgan fingerprint density at radius 1 is 1.07 bits per heavy atom. The minimum Gasteiger partial charge on any atom is -0.495 e. The maximum absolute atomic E-state index is 14.2. The largest absolute Gasteiger partial charge is 0.495 e. The Labute approximate surface area is 260 Å². The summed E-state index contributed by atoms with van der Waals surface area (Å²) in [5.74, 6) is 0.231. The van der Waals surface area contributed by atoms with Crippen molar-refractivity contribution >= 4 is 23.5 Å². The predicted molar refractivity (Wildman–Crippen MR) is 169 cm³/mol. The van der Waals surface area contributed by atoms with Gasteiger partial charge in [0.05, 0.1) is 31.1 Å². The van der Waals surface area contributed by atoms with Crippen LogP contribution in [0.3, 0.4) is 0 Å². The third kappa shape index (κ3) is 6.65. The van der Waals surface area contributed by atoms with Crippen LogP contribution in [0.25, 0.3) is 11.3 Å². The van der Waals surface area contributed by atoms with E-state index in [9.17, 15) is 14.4 Å². The molecule has 0 radical (unpaired) electrons. The monoisotopic (exact) mass is 611 g/mol. The molecule has 1 aliphatic rings. The van der Waals surface area contributed by atoms with Crippen molar-refractivity contribution in [1.82, 2.24) is 31.4 Å². The van der Waals surface area contributed by atoms with Crippen LogP contribution in [0.2, 0.25) is 0 Å². The minimum absolute atomic E-state index is 0.160. The molecule has 13 nitrogen and oxygen atoms in total. The lowest BCUT2D eigenvalue weighted by molar-refractivity contribution is -0.135. The number of aromatic amines is 1. The zero-order chi connectivity index (χ0) is 32.2. The molecular weight excluding hydrogens is 574 g/mol. The van der Waals surface area contributed by atoms with Crippen LogP contribution in [-0.2, 0) is 17.8 Å². The number of aryl methyl sites for hydroxylation is 2. The van der Waals surface area contributed by atoms with E-state index in [0.717, 1.165) is 33.5 Å². The predicted octanol–water partition coefficient (Wildman–Crippen LogP) is 2.91. The van der Waals surface area contributed by atoms with Crippen molar-refractivity contribution in [2.24, 2.45) is 11.5 Å². The lowest BCUT2D eigenvalue weighted by Crippen LogP contribution is -2.46. The van der Waals surface area contributed by atoms with E-state index in [1.54, 1.807) is 35.4 Å². The van der Waals surface area contributed by atoms with E-state index in [0.29, 0.717) is 22.8 Å². The minimum atomic E-state index is -0.902. The fourth-order valence-corrected chi connectivity index (χ4v) is 5.46. The summed E-state index contributed by atoms with van der Waals surface area (Å²) in [6, 6.07) is 16.7. The van der Waals surface area contributed by atoms with E-state index in [-0.39, 0.29) is 18.9 Å². The molecule has 8 N–H and O–H groups in total. The quantitative estimate of drug-likeness (QED) is 0.150. The molecular formula is C32H37N9O4.